The molecule has 1 rings (SSSR count). The minimum atomic E-state index is -3.50. The number of hydrogen-bond acceptors (Lipinski definition) is 3. The second-order valence-electron chi connectivity index (χ2n) is 4.10. The van der Waals surface area contributed by atoms with Crippen LogP contribution in [0.1, 0.15) is 25.3 Å². The second kappa shape index (κ2) is 6.65. The molecule has 1 aromatic carbocycles. The first-order valence-corrected chi connectivity index (χ1v) is 8.02. The molecule has 0 heterocycles. The standard InChI is InChI=1S/C12H18BrNO3S/c1-3-4-7-14(2)18(16,17)12-8-10(9-15)5-6-11(12)13/h5-6,8,15H,3-4,7,9H2,1-2H3. The smallest absolute Gasteiger partial charge is 0.243 e. The predicted octanol–water partition coefficient (Wildman–Crippen LogP) is 2.36. The first-order chi connectivity index (χ1) is 8.43. The van der Waals surface area contributed by atoms with Gasteiger partial charge in [-0.2, -0.15) is 0 Å². The molecule has 18 heavy (non-hydrogen) atoms. The molecule has 6 heteroatoms. The van der Waals surface area contributed by atoms with Crippen molar-refractivity contribution < 1.29 is 13.5 Å². The van der Waals surface area contributed by atoms with Crippen LogP contribution in [0, 0.1) is 0 Å². The summed E-state index contributed by atoms with van der Waals surface area (Å²) in [6, 6.07) is 4.84. The van der Waals surface area contributed by atoms with Gasteiger partial charge in [0.1, 0.15) is 0 Å². The van der Waals surface area contributed by atoms with Gasteiger partial charge in [0, 0.05) is 18.1 Å². The van der Waals surface area contributed by atoms with Crippen molar-refractivity contribution in [3.05, 3.63) is 28.2 Å². The molecule has 0 aliphatic rings. The molecular formula is C12H18BrNO3S. The Hall–Kier alpha value is -0.430. The number of halogens is 1. The van der Waals surface area contributed by atoms with Crippen molar-refractivity contribution in [2.24, 2.45) is 0 Å². The van der Waals surface area contributed by atoms with Gasteiger partial charge < -0.3 is 5.11 Å². The molecule has 0 aliphatic carbocycles. The molecule has 4 nitrogen and oxygen atoms in total. The van der Waals surface area contributed by atoms with Crippen molar-refractivity contribution >= 4 is 26.0 Å². The van der Waals surface area contributed by atoms with Gasteiger partial charge in [-0.25, -0.2) is 12.7 Å². The van der Waals surface area contributed by atoms with Gasteiger partial charge in [0.05, 0.1) is 11.5 Å². The lowest BCUT2D eigenvalue weighted by molar-refractivity contribution is 0.281. The molecule has 0 aliphatic heterocycles. The monoisotopic (exact) mass is 335 g/mol. The predicted molar refractivity (Wildman–Crippen MR) is 74.8 cm³/mol. The van der Waals surface area contributed by atoms with E-state index in [2.05, 4.69) is 15.9 Å². The Morgan fingerprint density at radius 2 is 2.06 bits per heavy atom. The topological polar surface area (TPSA) is 57.6 Å². The summed E-state index contributed by atoms with van der Waals surface area (Å²) in [4.78, 5) is 0.202. The molecule has 0 saturated heterocycles. The quantitative estimate of drug-likeness (QED) is 0.868. The van der Waals surface area contributed by atoms with Crippen LogP contribution < -0.4 is 0 Å². The van der Waals surface area contributed by atoms with Crippen LogP contribution in [0.15, 0.2) is 27.6 Å². The van der Waals surface area contributed by atoms with Crippen molar-refractivity contribution in [2.45, 2.75) is 31.3 Å². The van der Waals surface area contributed by atoms with E-state index in [4.69, 9.17) is 5.11 Å². The van der Waals surface area contributed by atoms with Crippen molar-refractivity contribution in [3.63, 3.8) is 0 Å². The minimum Gasteiger partial charge on any atom is -0.392 e. The van der Waals surface area contributed by atoms with E-state index < -0.39 is 10.0 Å². The molecule has 0 fully saturated rings. The lowest BCUT2D eigenvalue weighted by atomic mass is 10.2. The van der Waals surface area contributed by atoms with E-state index in [-0.39, 0.29) is 11.5 Å². The van der Waals surface area contributed by atoms with Crippen LogP contribution >= 0.6 is 15.9 Å². The van der Waals surface area contributed by atoms with E-state index in [9.17, 15) is 8.42 Å². The Bertz CT molecular complexity index is 502. The van der Waals surface area contributed by atoms with Crippen LogP contribution in [-0.4, -0.2) is 31.4 Å². The van der Waals surface area contributed by atoms with Gasteiger partial charge in [0.25, 0.3) is 0 Å². The van der Waals surface area contributed by atoms with Gasteiger partial charge in [0.2, 0.25) is 10.0 Å². The molecule has 0 saturated carbocycles. The van der Waals surface area contributed by atoms with Gasteiger partial charge in [-0.1, -0.05) is 19.4 Å². The lowest BCUT2D eigenvalue weighted by Crippen LogP contribution is -2.28. The average molecular weight is 336 g/mol. The van der Waals surface area contributed by atoms with Crippen LogP contribution in [0.4, 0.5) is 0 Å². The van der Waals surface area contributed by atoms with Crippen LogP contribution in [0.3, 0.4) is 0 Å². The van der Waals surface area contributed by atoms with Crippen LogP contribution in [-0.2, 0) is 16.6 Å². The maximum atomic E-state index is 12.3. The zero-order valence-electron chi connectivity index (χ0n) is 10.6. The fourth-order valence-electron chi connectivity index (χ4n) is 1.51. The first-order valence-electron chi connectivity index (χ1n) is 5.79. The second-order valence-corrected chi connectivity index (χ2v) is 6.97. The molecule has 0 atom stereocenters. The fraction of sp³-hybridized carbons (Fsp3) is 0.500. The van der Waals surface area contributed by atoms with Crippen molar-refractivity contribution in [1.29, 1.82) is 0 Å². The Morgan fingerprint density at radius 3 is 2.61 bits per heavy atom. The fourth-order valence-corrected chi connectivity index (χ4v) is 3.69. The minimum absolute atomic E-state index is 0.172. The average Bonchev–Trinajstić information content (AvgIpc) is 2.36. The third kappa shape index (κ3) is 3.54. The van der Waals surface area contributed by atoms with Gasteiger partial charge in [-0.05, 0) is 40.0 Å². The van der Waals surface area contributed by atoms with Gasteiger partial charge >= 0.3 is 0 Å². The number of aliphatic hydroxyl groups is 1. The van der Waals surface area contributed by atoms with Crippen molar-refractivity contribution in [2.75, 3.05) is 13.6 Å². The van der Waals surface area contributed by atoms with Crippen LogP contribution in [0.25, 0.3) is 0 Å². The summed E-state index contributed by atoms with van der Waals surface area (Å²) in [5, 5.41) is 9.07. The molecule has 1 aromatic rings. The lowest BCUT2D eigenvalue weighted by Gasteiger charge is -2.18. The third-order valence-corrected chi connectivity index (χ3v) is 5.54. The third-order valence-electron chi connectivity index (χ3n) is 2.69. The number of unbranched alkanes of at least 4 members (excludes halogenated alkanes) is 1. The molecular weight excluding hydrogens is 318 g/mol. The van der Waals surface area contributed by atoms with E-state index >= 15 is 0 Å². The Labute approximate surface area is 117 Å². The number of hydrogen-bond donors (Lipinski definition) is 1. The van der Waals surface area contributed by atoms with Gasteiger partial charge in [0.15, 0.2) is 0 Å². The normalized spacial score (nSPS) is 12.1. The maximum Gasteiger partial charge on any atom is 0.243 e. The highest BCUT2D eigenvalue weighted by atomic mass is 79.9. The van der Waals surface area contributed by atoms with Crippen molar-refractivity contribution in [1.82, 2.24) is 4.31 Å². The van der Waals surface area contributed by atoms with E-state index in [0.29, 0.717) is 16.6 Å². The maximum absolute atomic E-state index is 12.3. The van der Waals surface area contributed by atoms with Gasteiger partial charge in [-0.15, -0.1) is 0 Å². The number of sulfonamides is 1. The molecule has 0 amide bonds. The van der Waals surface area contributed by atoms with Crippen molar-refractivity contribution in [3.8, 4) is 0 Å². The molecule has 102 valence electrons. The first kappa shape index (κ1) is 15.6. The highest BCUT2D eigenvalue weighted by Gasteiger charge is 2.23. The van der Waals surface area contributed by atoms with E-state index in [1.165, 1.54) is 10.4 Å². The van der Waals surface area contributed by atoms with Crippen LogP contribution in [0.2, 0.25) is 0 Å². The summed E-state index contributed by atoms with van der Waals surface area (Å²) in [7, 11) is -1.93. The van der Waals surface area contributed by atoms with Crippen LogP contribution in [0.5, 0.6) is 0 Å². The Kier molecular flexibility index (Phi) is 5.78. The Morgan fingerprint density at radius 1 is 1.39 bits per heavy atom. The summed E-state index contributed by atoms with van der Waals surface area (Å²) in [5.74, 6) is 0. The molecule has 1 N–H and O–H groups in total. The highest BCUT2D eigenvalue weighted by Crippen LogP contribution is 2.26. The number of benzene rings is 1. The highest BCUT2D eigenvalue weighted by molar-refractivity contribution is 9.10. The molecule has 0 spiro atoms. The van der Waals surface area contributed by atoms with E-state index in [1.54, 1.807) is 19.2 Å². The zero-order chi connectivity index (χ0) is 13.8. The molecule has 0 bridgehead atoms. The number of nitrogens with zero attached hydrogens (tertiary/aromatic N) is 1. The summed E-state index contributed by atoms with van der Waals surface area (Å²) in [6.07, 6.45) is 1.77. The molecule has 0 radical (unpaired) electrons. The summed E-state index contributed by atoms with van der Waals surface area (Å²) in [6.45, 7) is 2.34. The van der Waals surface area contributed by atoms with E-state index in [1.807, 2.05) is 6.92 Å². The zero-order valence-corrected chi connectivity index (χ0v) is 13.0. The summed E-state index contributed by atoms with van der Waals surface area (Å²) in [5.41, 5.74) is 0.584. The molecule has 0 unspecified atom stereocenters. The number of aliphatic hydroxyl groups excluding tert-OH is 1. The Balaban J connectivity index is 3.11. The SMILES string of the molecule is CCCCN(C)S(=O)(=O)c1cc(CO)ccc1Br. The molecule has 0 aromatic heterocycles. The van der Waals surface area contributed by atoms with E-state index in [0.717, 1.165) is 12.8 Å². The van der Waals surface area contributed by atoms with Gasteiger partial charge in [-0.3, -0.25) is 0 Å². The summed E-state index contributed by atoms with van der Waals surface area (Å²) < 4.78 is 26.5. The largest absolute Gasteiger partial charge is 0.392 e. The number of rotatable bonds is 6. The summed E-state index contributed by atoms with van der Waals surface area (Å²) >= 11 is 3.24.